The molecule has 29 heavy (non-hydrogen) atoms. The second-order valence-corrected chi connectivity index (χ2v) is 6.05. The zero-order valence-electron chi connectivity index (χ0n) is 15.8. The predicted molar refractivity (Wildman–Crippen MR) is 100.0 cm³/mol. The summed E-state index contributed by atoms with van der Waals surface area (Å²) >= 11 is 0. The van der Waals surface area contributed by atoms with Gasteiger partial charge in [-0.05, 0) is 48.0 Å². The van der Waals surface area contributed by atoms with Crippen LogP contribution in [0.2, 0.25) is 0 Å². The number of hydrogen-bond donors (Lipinski definition) is 0. The Morgan fingerprint density at radius 2 is 1.76 bits per heavy atom. The first-order valence-corrected chi connectivity index (χ1v) is 8.54. The van der Waals surface area contributed by atoms with E-state index in [0.717, 1.165) is 0 Å². The number of halogens is 4. The van der Waals surface area contributed by atoms with Crippen molar-refractivity contribution in [2.75, 3.05) is 20.8 Å². The molecule has 0 spiro atoms. The van der Waals surface area contributed by atoms with Crippen LogP contribution in [0.3, 0.4) is 0 Å². The number of allylic oxidation sites excluding steroid dienone is 1. The Bertz CT molecular complexity index is 848. The molecular formula is C21H20F4O4. The number of carbonyl (C=O) groups is 1. The van der Waals surface area contributed by atoms with E-state index in [4.69, 9.17) is 14.2 Å². The molecule has 0 saturated heterocycles. The second-order valence-electron chi connectivity index (χ2n) is 6.05. The minimum Gasteiger partial charge on any atom is -0.497 e. The molecule has 0 aliphatic rings. The van der Waals surface area contributed by atoms with Gasteiger partial charge in [-0.15, -0.1) is 0 Å². The Labute approximate surface area is 165 Å². The quantitative estimate of drug-likeness (QED) is 0.312. The fourth-order valence-corrected chi connectivity index (χ4v) is 2.40. The minimum atomic E-state index is -4.23. The Kier molecular flexibility index (Phi) is 7.78. The van der Waals surface area contributed by atoms with Crippen molar-refractivity contribution >= 4 is 11.9 Å². The molecule has 0 radical (unpaired) electrons. The zero-order chi connectivity index (χ0) is 21.4. The molecule has 0 saturated carbocycles. The molecule has 156 valence electrons. The van der Waals surface area contributed by atoms with Gasteiger partial charge in [-0.3, -0.25) is 4.79 Å². The second kappa shape index (κ2) is 10.1. The van der Waals surface area contributed by atoms with Gasteiger partial charge in [0.05, 0.1) is 20.8 Å². The van der Waals surface area contributed by atoms with Gasteiger partial charge >= 0.3 is 12.3 Å². The van der Waals surface area contributed by atoms with Crippen molar-refractivity contribution in [1.29, 1.82) is 0 Å². The van der Waals surface area contributed by atoms with Crippen LogP contribution in [0.5, 0.6) is 11.5 Å². The van der Waals surface area contributed by atoms with Crippen molar-refractivity contribution in [3.05, 3.63) is 65.2 Å². The average Bonchev–Trinajstić information content (AvgIpc) is 2.72. The van der Waals surface area contributed by atoms with Crippen molar-refractivity contribution in [2.24, 2.45) is 0 Å². The van der Waals surface area contributed by atoms with Gasteiger partial charge in [0.15, 0.2) is 5.78 Å². The maximum atomic E-state index is 13.0. The highest BCUT2D eigenvalue weighted by Crippen LogP contribution is 2.26. The number of ketones is 1. The SMILES string of the molecule is COc1ccc(C(=O)/C=C/c2ccc(OC)c(COCC(F)(F)C(F)F)c2)cc1. The van der Waals surface area contributed by atoms with E-state index in [1.54, 1.807) is 48.5 Å². The number of alkyl halides is 4. The number of carbonyl (C=O) groups excluding carboxylic acids is 1. The standard InChI is InChI=1S/C21H20F4O4/c1-27-17-7-5-15(6-8-17)18(26)9-3-14-4-10-19(28-2)16(11-14)12-29-13-21(24,25)20(22)23/h3-11,20H,12-13H2,1-2H3/b9-3+. The van der Waals surface area contributed by atoms with E-state index < -0.39 is 19.0 Å². The highest BCUT2D eigenvalue weighted by atomic mass is 19.3. The molecule has 0 atom stereocenters. The summed E-state index contributed by atoms with van der Waals surface area (Å²) in [4.78, 5) is 12.2. The highest BCUT2D eigenvalue weighted by molar-refractivity contribution is 6.06. The van der Waals surface area contributed by atoms with E-state index >= 15 is 0 Å². The number of benzene rings is 2. The third-order valence-electron chi connectivity index (χ3n) is 3.98. The summed E-state index contributed by atoms with van der Waals surface area (Å²) in [5.41, 5.74) is 1.44. The zero-order valence-corrected chi connectivity index (χ0v) is 15.8. The summed E-state index contributed by atoms with van der Waals surface area (Å²) in [7, 11) is 2.91. The first-order valence-electron chi connectivity index (χ1n) is 8.54. The number of ether oxygens (including phenoxy) is 3. The molecule has 0 aliphatic heterocycles. The van der Waals surface area contributed by atoms with Crippen molar-refractivity contribution in [3.63, 3.8) is 0 Å². The van der Waals surface area contributed by atoms with Gasteiger partial charge in [0.25, 0.3) is 0 Å². The lowest BCUT2D eigenvalue weighted by Crippen LogP contribution is -2.32. The van der Waals surface area contributed by atoms with Crippen molar-refractivity contribution < 1.29 is 36.6 Å². The first-order chi connectivity index (χ1) is 13.8. The van der Waals surface area contributed by atoms with Crippen LogP contribution in [-0.2, 0) is 11.3 Å². The molecule has 4 nitrogen and oxygen atoms in total. The minimum absolute atomic E-state index is 0.238. The highest BCUT2D eigenvalue weighted by Gasteiger charge is 2.40. The third-order valence-corrected chi connectivity index (χ3v) is 3.98. The first kappa shape index (κ1) is 22.4. The van der Waals surface area contributed by atoms with Crippen LogP contribution in [-0.4, -0.2) is 39.0 Å². The average molecular weight is 412 g/mol. The van der Waals surface area contributed by atoms with Crippen LogP contribution in [0.1, 0.15) is 21.5 Å². The molecule has 0 heterocycles. The van der Waals surface area contributed by atoms with E-state index in [2.05, 4.69) is 0 Å². The number of methoxy groups -OCH3 is 2. The Morgan fingerprint density at radius 1 is 1.07 bits per heavy atom. The van der Waals surface area contributed by atoms with Gasteiger partial charge < -0.3 is 14.2 Å². The molecule has 0 fully saturated rings. The van der Waals surface area contributed by atoms with Gasteiger partial charge in [-0.25, -0.2) is 8.78 Å². The predicted octanol–water partition coefficient (Wildman–Crippen LogP) is 5.02. The van der Waals surface area contributed by atoms with Crippen LogP contribution in [0.4, 0.5) is 17.6 Å². The van der Waals surface area contributed by atoms with Crippen molar-refractivity contribution in [3.8, 4) is 11.5 Å². The Hall–Kier alpha value is -2.87. The molecule has 2 aromatic rings. The molecule has 0 unspecified atom stereocenters. The number of hydrogen-bond acceptors (Lipinski definition) is 4. The Morgan fingerprint density at radius 3 is 2.34 bits per heavy atom. The normalized spacial score (nSPS) is 11.8. The van der Waals surface area contributed by atoms with E-state index in [-0.39, 0.29) is 12.4 Å². The fraction of sp³-hybridized carbons (Fsp3) is 0.286. The van der Waals surface area contributed by atoms with E-state index in [1.165, 1.54) is 20.3 Å². The summed E-state index contributed by atoms with van der Waals surface area (Å²) in [6.45, 7) is -1.76. The summed E-state index contributed by atoms with van der Waals surface area (Å²) in [6, 6.07) is 11.4. The fourth-order valence-electron chi connectivity index (χ4n) is 2.40. The van der Waals surface area contributed by atoms with Crippen LogP contribution >= 0.6 is 0 Å². The van der Waals surface area contributed by atoms with Gasteiger partial charge in [-0.1, -0.05) is 12.1 Å². The maximum Gasteiger partial charge on any atom is 0.330 e. The van der Waals surface area contributed by atoms with Crippen molar-refractivity contribution in [2.45, 2.75) is 19.0 Å². The maximum absolute atomic E-state index is 13.0. The van der Waals surface area contributed by atoms with E-state index in [1.807, 2.05) is 0 Å². The molecule has 0 aliphatic carbocycles. The lowest BCUT2D eigenvalue weighted by Gasteiger charge is -2.16. The molecule has 2 aromatic carbocycles. The van der Waals surface area contributed by atoms with E-state index in [9.17, 15) is 22.4 Å². The smallest absolute Gasteiger partial charge is 0.330 e. The lowest BCUT2D eigenvalue weighted by molar-refractivity contribution is -0.168. The lowest BCUT2D eigenvalue weighted by atomic mass is 10.1. The molecule has 8 heteroatoms. The summed E-state index contributed by atoms with van der Waals surface area (Å²) in [6.07, 6.45) is -0.898. The summed E-state index contributed by atoms with van der Waals surface area (Å²) < 4.78 is 65.3. The molecule has 2 rings (SSSR count). The van der Waals surface area contributed by atoms with Gasteiger partial charge in [-0.2, -0.15) is 8.78 Å². The van der Waals surface area contributed by atoms with Crippen LogP contribution in [0.15, 0.2) is 48.5 Å². The molecule has 0 bridgehead atoms. The summed E-state index contributed by atoms with van der Waals surface area (Å²) in [5.74, 6) is -3.49. The van der Waals surface area contributed by atoms with Crippen LogP contribution < -0.4 is 9.47 Å². The van der Waals surface area contributed by atoms with Gasteiger partial charge in [0.2, 0.25) is 0 Å². The number of rotatable bonds is 10. The molecule has 0 amide bonds. The van der Waals surface area contributed by atoms with Crippen LogP contribution in [0, 0.1) is 0 Å². The Balaban J connectivity index is 2.08. The van der Waals surface area contributed by atoms with Crippen molar-refractivity contribution in [1.82, 2.24) is 0 Å². The molecule has 0 aromatic heterocycles. The monoisotopic (exact) mass is 412 g/mol. The third kappa shape index (κ3) is 6.32. The van der Waals surface area contributed by atoms with Crippen LogP contribution in [0.25, 0.3) is 6.08 Å². The van der Waals surface area contributed by atoms with Gasteiger partial charge in [0.1, 0.15) is 18.1 Å². The topological polar surface area (TPSA) is 44.8 Å². The molecular weight excluding hydrogens is 392 g/mol. The van der Waals surface area contributed by atoms with Gasteiger partial charge in [0, 0.05) is 11.1 Å². The largest absolute Gasteiger partial charge is 0.497 e. The summed E-state index contributed by atoms with van der Waals surface area (Å²) in [5, 5.41) is 0. The van der Waals surface area contributed by atoms with E-state index in [0.29, 0.717) is 28.2 Å². The molecule has 0 N–H and O–H groups in total.